The molecule has 3 heteroatoms. The molecule has 6 rings (SSSR count). The molecule has 2 aromatic heterocycles. The van der Waals surface area contributed by atoms with Crippen molar-refractivity contribution in [2.75, 3.05) is 0 Å². The highest BCUT2D eigenvalue weighted by Crippen LogP contribution is 2.51. The lowest BCUT2D eigenvalue weighted by Gasteiger charge is -2.21. The van der Waals surface area contributed by atoms with E-state index >= 15 is 0 Å². The lowest BCUT2D eigenvalue weighted by molar-refractivity contribution is 0.661. The van der Waals surface area contributed by atoms with E-state index in [1.54, 1.807) is 0 Å². The van der Waals surface area contributed by atoms with Crippen molar-refractivity contribution in [3.05, 3.63) is 102 Å². The Bertz CT molecular complexity index is 1390. The molecule has 2 heterocycles. The summed E-state index contributed by atoms with van der Waals surface area (Å²) >= 11 is 0. The zero-order chi connectivity index (χ0) is 20.3. The van der Waals surface area contributed by atoms with E-state index < -0.39 is 0 Å². The summed E-state index contributed by atoms with van der Waals surface area (Å²) in [7, 11) is 0. The van der Waals surface area contributed by atoms with Crippen LogP contribution in [0.25, 0.3) is 39.1 Å². The lowest BCUT2D eigenvalue weighted by Crippen LogP contribution is -2.14. The molecule has 1 aliphatic rings. The van der Waals surface area contributed by atoms with Gasteiger partial charge in [-0.3, -0.25) is 4.57 Å². The quantitative estimate of drug-likeness (QED) is 0.351. The molecule has 3 aromatic carbocycles. The maximum atomic E-state index is 4.53. The third kappa shape index (κ3) is 2.32. The van der Waals surface area contributed by atoms with Crippen LogP contribution in [0.2, 0.25) is 0 Å². The number of hydrogen-bond donors (Lipinski definition) is 0. The van der Waals surface area contributed by atoms with Crippen molar-refractivity contribution in [3.8, 4) is 28.2 Å². The monoisotopic (exact) mass is 387 g/mol. The molecule has 0 saturated heterocycles. The zero-order valence-electron chi connectivity index (χ0n) is 17.0. The molecule has 0 aliphatic heterocycles. The predicted octanol–water partition coefficient (Wildman–Crippen LogP) is 6.39. The average molecular weight is 387 g/mol. The molecular weight excluding hydrogens is 366 g/mol. The summed E-state index contributed by atoms with van der Waals surface area (Å²) < 4.78 is 2.13. The van der Waals surface area contributed by atoms with Crippen molar-refractivity contribution < 1.29 is 0 Å². The topological polar surface area (TPSA) is 30.7 Å². The van der Waals surface area contributed by atoms with Gasteiger partial charge in [0.15, 0.2) is 5.82 Å². The fraction of sp³-hybridized carbons (Fsp3) is 0.111. The standard InChI is InChI=1S/C27H21N3/c1-27(2)21-11-7-6-10-19(21)26-20-16-17-30(24(20)14-12-22(26)27)25-15-13-23(28-29-25)18-8-4-3-5-9-18/h3-17H,1-2H3. The van der Waals surface area contributed by atoms with E-state index in [4.69, 9.17) is 0 Å². The summed E-state index contributed by atoms with van der Waals surface area (Å²) in [6.07, 6.45) is 2.10. The average Bonchev–Trinajstić information content (AvgIpc) is 3.32. The summed E-state index contributed by atoms with van der Waals surface area (Å²) in [6.45, 7) is 4.63. The van der Waals surface area contributed by atoms with Crippen molar-refractivity contribution in [2.45, 2.75) is 19.3 Å². The summed E-state index contributed by atoms with van der Waals surface area (Å²) in [4.78, 5) is 0. The molecule has 0 bridgehead atoms. The van der Waals surface area contributed by atoms with Crippen LogP contribution in [-0.4, -0.2) is 14.8 Å². The van der Waals surface area contributed by atoms with Gasteiger partial charge in [-0.25, -0.2) is 0 Å². The minimum absolute atomic E-state index is 0.0132. The second-order valence-electron chi connectivity index (χ2n) is 8.42. The molecule has 144 valence electrons. The molecule has 30 heavy (non-hydrogen) atoms. The zero-order valence-corrected chi connectivity index (χ0v) is 17.0. The lowest BCUT2D eigenvalue weighted by atomic mass is 9.82. The van der Waals surface area contributed by atoms with Crippen LogP contribution in [0.4, 0.5) is 0 Å². The van der Waals surface area contributed by atoms with Gasteiger partial charge >= 0.3 is 0 Å². The van der Waals surface area contributed by atoms with Crippen molar-refractivity contribution in [3.63, 3.8) is 0 Å². The Kier molecular flexibility index (Phi) is 3.51. The van der Waals surface area contributed by atoms with Gasteiger partial charge in [0.05, 0.1) is 11.2 Å². The smallest absolute Gasteiger partial charge is 0.159 e. The Morgan fingerprint density at radius 3 is 2.30 bits per heavy atom. The predicted molar refractivity (Wildman–Crippen MR) is 122 cm³/mol. The maximum Gasteiger partial charge on any atom is 0.159 e. The van der Waals surface area contributed by atoms with Gasteiger partial charge in [0.2, 0.25) is 0 Å². The SMILES string of the molecule is CC1(C)c2ccccc2-c2c1ccc1c2ccn1-c1ccc(-c2ccccc2)nn1. The van der Waals surface area contributed by atoms with Gasteiger partial charge in [-0.1, -0.05) is 74.5 Å². The fourth-order valence-electron chi connectivity index (χ4n) is 4.84. The van der Waals surface area contributed by atoms with Crippen molar-refractivity contribution in [1.29, 1.82) is 0 Å². The second kappa shape index (κ2) is 6.14. The van der Waals surface area contributed by atoms with E-state index in [9.17, 15) is 0 Å². The van der Waals surface area contributed by atoms with Crippen LogP contribution >= 0.6 is 0 Å². The largest absolute Gasteiger partial charge is 0.300 e. The summed E-state index contributed by atoms with van der Waals surface area (Å²) in [5, 5.41) is 10.3. The van der Waals surface area contributed by atoms with E-state index in [2.05, 4.69) is 89.4 Å². The van der Waals surface area contributed by atoms with Crippen LogP contribution in [0, 0.1) is 0 Å². The molecule has 5 aromatic rings. The molecule has 1 aliphatic carbocycles. The third-order valence-electron chi connectivity index (χ3n) is 6.38. The van der Waals surface area contributed by atoms with Gasteiger partial charge in [0.1, 0.15) is 0 Å². The number of benzene rings is 3. The normalized spacial score (nSPS) is 13.9. The first-order valence-electron chi connectivity index (χ1n) is 10.3. The van der Waals surface area contributed by atoms with Crippen LogP contribution in [0.3, 0.4) is 0 Å². The first-order chi connectivity index (χ1) is 14.6. The van der Waals surface area contributed by atoms with Crippen molar-refractivity contribution >= 4 is 10.9 Å². The first kappa shape index (κ1) is 17.2. The van der Waals surface area contributed by atoms with Gasteiger partial charge in [-0.15, -0.1) is 10.2 Å². The van der Waals surface area contributed by atoms with E-state index in [1.807, 2.05) is 30.3 Å². The number of fused-ring (bicyclic) bond motifs is 5. The second-order valence-corrected chi connectivity index (χ2v) is 8.42. The van der Waals surface area contributed by atoms with Gasteiger partial charge in [-0.2, -0.15) is 0 Å². The summed E-state index contributed by atoms with van der Waals surface area (Å²) in [5.41, 5.74) is 8.60. The fourth-order valence-corrected chi connectivity index (χ4v) is 4.84. The molecule has 0 spiro atoms. The Morgan fingerprint density at radius 2 is 1.50 bits per heavy atom. The number of rotatable bonds is 2. The highest BCUT2D eigenvalue weighted by atomic mass is 15.2. The summed E-state index contributed by atoms with van der Waals surface area (Å²) in [6, 6.07) is 29.7. The molecular formula is C27H21N3. The Hall–Kier alpha value is -3.72. The molecule has 0 unspecified atom stereocenters. The molecule has 0 N–H and O–H groups in total. The van der Waals surface area contributed by atoms with Gasteiger partial charge in [0, 0.05) is 22.6 Å². The molecule has 0 fully saturated rings. The van der Waals surface area contributed by atoms with E-state index in [0.29, 0.717) is 0 Å². The number of aromatic nitrogens is 3. The van der Waals surface area contributed by atoms with Crippen molar-refractivity contribution in [1.82, 2.24) is 14.8 Å². The molecule has 0 atom stereocenters. The minimum Gasteiger partial charge on any atom is -0.300 e. The molecule has 0 radical (unpaired) electrons. The van der Waals surface area contributed by atoms with Crippen LogP contribution in [-0.2, 0) is 5.41 Å². The minimum atomic E-state index is 0.0132. The number of nitrogens with zero attached hydrogens (tertiary/aromatic N) is 3. The Morgan fingerprint density at radius 1 is 0.700 bits per heavy atom. The van der Waals surface area contributed by atoms with Crippen LogP contribution in [0.1, 0.15) is 25.0 Å². The van der Waals surface area contributed by atoms with Gasteiger partial charge in [0.25, 0.3) is 0 Å². The van der Waals surface area contributed by atoms with Crippen molar-refractivity contribution in [2.24, 2.45) is 0 Å². The van der Waals surface area contributed by atoms with E-state index in [-0.39, 0.29) is 5.41 Å². The molecule has 0 amide bonds. The van der Waals surface area contributed by atoms with E-state index in [1.165, 1.54) is 27.6 Å². The first-order valence-corrected chi connectivity index (χ1v) is 10.3. The maximum absolute atomic E-state index is 4.53. The van der Waals surface area contributed by atoms with Crippen LogP contribution in [0.5, 0.6) is 0 Å². The van der Waals surface area contributed by atoms with Gasteiger partial charge in [-0.05, 0) is 46.5 Å². The summed E-state index contributed by atoms with van der Waals surface area (Å²) in [5.74, 6) is 0.829. The molecule has 3 nitrogen and oxygen atoms in total. The highest BCUT2D eigenvalue weighted by Gasteiger charge is 2.36. The highest BCUT2D eigenvalue weighted by molar-refractivity contribution is 6.02. The Balaban J connectivity index is 1.50. The van der Waals surface area contributed by atoms with E-state index in [0.717, 1.165) is 22.6 Å². The number of hydrogen-bond acceptors (Lipinski definition) is 2. The molecule has 0 saturated carbocycles. The van der Waals surface area contributed by atoms with Crippen LogP contribution < -0.4 is 0 Å². The third-order valence-corrected chi connectivity index (χ3v) is 6.38. The van der Waals surface area contributed by atoms with Crippen LogP contribution in [0.15, 0.2) is 91.1 Å². The van der Waals surface area contributed by atoms with Gasteiger partial charge < -0.3 is 0 Å². The Labute approximate surface area is 175 Å².